The van der Waals surface area contributed by atoms with Crippen LogP contribution in [0.1, 0.15) is 15.2 Å². The van der Waals surface area contributed by atoms with Crippen LogP contribution in [-0.4, -0.2) is 34.7 Å². The summed E-state index contributed by atoms with van der Waals surface area (Å²) in [4.78, 5) is 22.4. The van der Waals surface area contributed by atoms with Crippen molar-refractivity contribution >= 4 is 34.8 Å². The van der Waals surface area contributed by atoms with E-state index in [2.05, 4.69) is 5.32 Å². The number of aliphatic hydroxyl groups excluding tert-OH is 1. The highest BCUT2D eigenvalue weighted by atomic mass is 35.5. The van der Waals surface area contributed by atoms with Crippen molar-refractivity contribution in [3.05, 3.63) is 20.8 Å². The lowest BCUT2D eigenvalue weighted by Crippen LogP contribution is -2.43. The molecular weight excluding hydrogens is 254 g/mol. The molecule has 7 heteroatoms. The minimum atomic E-state index is -1.31. The highest BCUT2D eigenvalue weighted by Gasteiger charge is 2.22. The van der Waals surface area contributed by atoms with Gasteiger partial charge < -0.3 is 15.5 Å². The molecule has 1 amide bonds. The third-order valence-corrected chi connectivity index (χ3v) is 3.59. The van der Waals surface area contributed by atoms with Crippen molar-refractivity contribution < 1.29 is 19.8 Å². The number of aliphatic hydroxyl groups is 1. The Bertz CT molecular complexity index is 418. The second kappa shape index (κ2) is 5.29. The van der Waals surface area contributed by atoms with E-state index in [9.17, 15) is 9.59 Å². The Morgan fingerprint density at radius 1 is 1.62 bits per heavy atom. The van der Waals surface area contributed by atoms with Crippen molar-refractivity contribution in [3.8, 4) is 0 Å². The van der Waals surface area contributed by atoms with E-state index in [1.807, 2.05) is 0 Å². The Morgan fingerprint density at radius 3 is 2.62 bits per heavy atom. The third-order valence-electron chi connectivity index (χ3n) is 1.89. The van der Waals surface area contributed by atoms with E-state index in [1.54, 1.807) is 12.3 Å². The molecule has 0 aromatic carbocycles. The summed E-state index contributed by atoms with van der Waals surface area (Å²) in [5, 5.41) is 21.6. The van der Waals surface area contributed by atoms with Gasteiger partial charge in [0, 0.05) is 0 Å². The van der Waals surface area contributed by atoms with Crippen molar-refractivity contribution in [3.63, 3.8) is 0 Å². The summed E-state index contributed by atoms with van der Waals surface area (Å²) in [6.07, 6.45) is 0. The largest absolute Gasteiger partial charge is 0.480 e. The van der Waals surface area contributed by atoms with Crippen molar-refractivity contribution in [1.29, 1.82) is 0 Å². The first kappa shape index (κ1) is 13.0. The van der Waals surface area contributed by atoms with E-state index in [4.69, 9.17) is 21.8 Å². The molecule has 1 aromatic heterocycles. The molecule has 3 N–H and O–H groups in total. The second-order valence-electron chi connectivity index (χ2n) is 3.11. The van der Waals surface area contributed by atoms with Gasteiger partial charge >= 0.3 is 5.97 Å². The van der Waals surface area contributed by atoms with E-state index >= 15 is 0 Å². The van der Waals surface area contributed by atoms with E-state index in [0.717, 1.165) is 16.9 Å². The lowest BCUT2D eigenvalue weighted by molar-refractivity contribution is -0.140. The molecule has 1 rings (SSSR count). The van der Waals surface area contributed by atoms with Crippen LogP contribution in [0.5, 0.6) is 0 Å². The highest BCUT2D eigenvalue weighted by molar-refractivity contribution is 7.13. The Hall–Kier alpha value is -1.11. The molecular formula is C9H10ClNO4S. The van der Waals surface area contributed by atoms with Crippen molar-refractivity contribution in [2.24, 2.45) is 0 Å². The summed E-state index contributed by atoms with van der Waals surface area (Å²) < 4.78 is 0. The number of amides is 1. The third kappa shape index (κ3) is 2.72. The van der Waals surface area contributed by atoms with Gasteiger partial charge in [-0.25, -0.2) is 4.79 Å². The molecule has 0 spiro atoms. The zero-order valence-corrected chi connectivity index (χ0v) is 9.93. The fourth-order valence-corrected chi connectivity index (χ4v) is 2.17. The van der Waals surface area contributed by atoms with Gasteiger partial charge in [-0.15, -0.1) is 11.3 Å². The Kier molecular flexibility index (Phi) is 4.28. The minimum absolute atomic E-state index is 0.249. The number of carbonyl (C=O) groups excluding carboxylic acids is 1. The number of carboxylic acid groups (broad SMARTS) is 1. The summed E-state index contributed by atoms with van der Waals surface area (Å²) in [6.45, 7) is 1.08. The Morgan fingerprint density at radius 2 is 2.25 bits per heavy atom. The molecule has 1 heterocycles. The number of halogens is 1. The molecule has 0 radical (unpaired) electrons. The molecule has 0 saturated heterocycles. The highest BCUT2D eigenvalue weighted by Crippen LogP contribution is 2.26. The molecule has 0 aliphatic heterocycles. The van der Waals surface area contributed by atoms with Crippen LogP contribution in [0.4, 0.5) is 0 Å². The number of carbonyl (C=O) groups is 2. The molecule has 0 saturated carbocycles. The van der Waals surface area contributed by atoms with Gasteiger partial charge in [0.15, 0.2) is 6.04 Å². The predicted octanol–water partition coefficient (Wildman–Crippen LogP) is 0.885. The topological polar surface area (TPSA) is 86.6 Å². The van der Waals surface area contributed by atoms with E-state index in [0.29, 0.717) is 5.02 Å². The smallest absolute Gasteiger partial charge is 0.328 e. The van der Waals surface area contributed by atoms with Crippen LogP contribution in [0.25, 0.3) is 0 Å². The number of rotatable bonds is 4. The molecule has 0 fully saturated rings. The number of hydrogen-bond acceptors (Lipinski definition) is 4. The summed E-state index contributed by atoms with van der Waals surface area (Å²) >= 11 is 6.98. The van der Waals surface area contributed by atoms with Gasteiger partial charge in [-0.2, -0.15) is 0 Å². The lowest BCUT2D eigenvalue weighted by atomic mass is 10.3. The summed E-state index contributed by atoms with van der Waals surface area (Å²) in [6, 6.07) is -1.31. The van der Waals surface area contributed by atoms with Gasteiger partial charge in [-0.05, 0) is 17.9 Å². The van der Waals surface area contributed by atoms with Crippen LogP contribution in [0.3, 0.4) is 0 Å². The van der Waals surface area contributed by atoms with Crippen LogP contribution < -0.4 is 5.32 Å². The second-order valence-corrected chi connectivity index (χ2v) is 4.37. The fourth-order valence-electron chi connectivity index (χ4n) is 0.992. The van der Waals surface area contributed by atoms with Gasteiger partial charge in [-0.3, -0.25) is 4.79 Å². The molecule has 1 aromatic rings. The summed E-state index contributed by atoms with van der Waals surface area (Å²) in [7, 11) is 0. The fraction of sp³-hybridized carbons (Fsp3) is 0.333. The molecule has 5 nitrogen and oxygen atoms in total. The van der Waals surface area contributed by atoms with Crippen LogP contribution in [-0.2, 0) is 4.79 Å². The predicted molar refractivity (Wildman–Crippen MR) is 60.0 cm³/mol. The molecule has 0 aliphatic rings. The quantitative estimate of drug-likeness (QED) is 0.753. The number of aliphatic carboxylic acids is 1. The zero-order valence-electron chi connectivity index (χ0n) is 8.36. The monoisotopic (exact) mass is 263 g/mol. The standard InChI is InChI=1S/C9H10ClNO4S/c1-4-3-16-7(6(4)10)8(13)11-5(2-12)9(14)15/h3,5,12H,2H2,1H3,(H,11,13)(H,14,15)/t5-/m1/s1. The molecule has 88 valence electrons. The van der Waals surface area contributed by atoms with Crippen molar-refractivity contribution in [2.45, 2.75) is 13.0 Å². The molecule has 0 bridgehead atoms. The van der Waals surface area contributed by atoms with Gasteiger partial charge in [0.2, 0.25) is 0 Å². The zero-order chi connectivity index (χ0) is 12.3. The SMILES string of the molecule is Cc1csc(C(=O)N[C@H](CO)C(=O)O)c1Cl. The molecule has 1 atom stereocenters. The van der Waals surface area contributed by atoms with Gasteiger partial charge in [0.1, 0.15) is 4.88 Å². The first-order chi connectivity index (χ1) is 7.47. The van der Waals surface area contributed by atoms with E-state index in [-0.39, 0.29) is 4.88 Å². The van der Waals surface area contributed by atoms with E-state index < -0.39 is 24.5 Å². The Labute approximate surface area is 101 Å². The Balaban J connectivity index is 2.80. The lowest BCUT2D eigenvalue weighted by Gasteiger charge is -2.10. The number of hydrogen-bond donors (Lipinski definition) is 3. The maximum Gasteiger partial charge on any atom is 0.328 e. The van der Waals surface area contributed by atoms with Crippen LogP contribution in [0.2, 0.25) is 5.02 Å². The number of thiophene rings is 1. The van der Waals surface area contributed by atoms with E-state index in [1.165, 1.54) is 0 Å². The first-order valence-electron chi connectivity index (χ1n) is 4.35. The van der Waals surface area contributed by atoms with Gasteiger partial charge in [0.05, 0.1) is 11.6 Å². The minimum Gasteiger partial charge on any atom is -0.480 e. The summed E-state index contributed by atoms with van der Waals surface area (Å²) in [5.74, 6) is -1.88. The average molecular weight is 264 g/mol. The number of carboxylic acids is 1. The van der Waals surface area contributed by atoms with Crippen molar-refractivity contribution in [2.75, 3.05) is 6.61 Å². The molecule has 16 heavy (non-hydrogen) atoms. The van der Waals surface area contributed by atoms with Gasteiger partial charge in [0.25, 0.3) is 5.91 Å². The number of aryl methyl sites for hydroxylation is 1. The molecule has 0 unspecified atom stereocenters. The van der Waals surface area contributed by atoms with Crippen molar-refractivity contribution in [1.82, 2.24) is 5.32 Å². The number of nitrogens with one attached hydrogen (secondary N) is 1. The molecule has 0 aliphatic carbocycles. The first-order valence-corrected chi connectivity index (χ1v) is 5.61. The van der Waals surface area contributed by atoms with Crippen LogP contribution in [0, 0.1) is 6.92 Å². The summed E-state index contributed by atoms with van der Waals surface area (Å²) in [5.41, 5.74) is 0.757. The maximum absolute atomic E-state index is 11.6. The van der Waals surface area contributed by atoms with Gasteiger partial charge in [-0.1, -0.05) is 11.6 Å². The normalized spacial score (nSPS) is 12.2. The van der Waals surface area contributed by atoms with Crippen LogP contribution in [0.15, 0.2) is 5.38 Å². The average Bonchev–Trinajstić information content (AvgIpc) is 2.55. The maximum atomic E-state index is 11.6. The van der Waals surface area contributed by atoms with Crippen LogP contribution >= 0.6 is 22.9 Å².